The number of hydrogen-bond acceptors (Lipinski definition) is 0. The predicted molar refractivity (Wildman–Crippen MR) is 176 cm³/mol. The molecule has 0 N–H and O–H groups in total. The SMILES string of the molecule is CC1=CC[C]([Zr][CH]2C(n3c(C)c(C)c4ccccc43)=Cc3ccccc32)=C1C.c1ccc(CCc2ccccc2)cc1. The summed E-state index contributed by atoms with van der Waals surface area (Å²) < 4.78 is 4.90. The van der Waals surface area contributed by atoms with Gasteiger partial charge in [-0.2, -0.15) is 0 Å². The molecule has 0 amide bonds. The van der Waals surface area contributed by atoms with Gasteiger partial charge in [0.1, 0.15) is 0 Å². The fourth-order valence-corrected chi connectivity index (χ4v) is 10.6. The van der Waals surface area contributed by atoms with Crippen molar-refractivity contribution in [3.63, 3.8) is 0 Å². The summed E-state index contributed by atoms with van der Waals surface area (Å²) in [5, 5.41) is 1.38. The minimum Gasteiger partial charge on any atom is -0.0622 e. The van der Waals surface area contributed by atoms with E-state index >= 15 is 0 Å². The number of aryl methyl sites for hydroxylation is 3. The van der Waals surface area contributed by atoms with Gasteiger partial charge in [0.25, 0.3) is 0 Å². The number of hydrogen-bond donors (Lipinski definition) is 0. The zero-order valence-electron chi connectivity index (χ0n) is 25.2. The normalized spacial score (nSPS) is 15.7. The summed E-state index contributed by atoms with van der Waals surface area (Å²) in [5.41, 5.74) is 14.5. The van der Waals surface area contributed by atoms with Crippen LogP contribution >= 0.6 is 0 Å². The molecule has 2 aliphatic carbocycles. The van der Waals surface area contributed by atoms with Gasteiger partial charge in [-0.1, -0.05) is 60.7 Å². The zero-order chi connectivity index (χ0) is 29.1. The molecule has 1 aromatic heterocycles. The third-order valence-corrected chi connectivity index (χ3v) is 13.4. The second kappa shape index (κ2) is 12.8. The predicted octanol–water partition coefficient (Wildman–Crippen LogP) is 10.5. The summed E-state index contributed by atoms with van der Waals surface area (Å²) in [6.45, 7) is 9.16. The molecule has 1 heterocycles. The van der Waals surface area contributed by atoms with E-state index in [0.29, 0.717) is 3.63 Å². The molecule has 0 aliphatic heterocycles. The quantitative estimate of drug-likeness (QED) is 0.177. The van der Waals surface area contributed by atoms with E-state index in [9.17, 15) is 0 Å². The van der Waals surface area contributed by atoms with E-state index in [1.165, 1.54) is 56.5 Å². The van der Waals surface area contributed by atoms with Crippen LogP contribution in [-0.4, -0.2) is 4.57 Å². The van der Waals surface area contributed by atoms with Gasteiger partial charge in [-0.05, 0) is 24.0 Å². The maximum absolute atomic E-state index is 2.56. The minimum atomic E-state index is -0.798. The first kappa shape index (κ1) is 28.6. The maximum Gasteiger partial charge on any atom is -0.0238 e. The van der Waals surface area contributed by atoms with Gasteiger partial charge in [-0.15, -0.1) is 0 Å². The fourth-order valence-electron chi connectivity index (χ4n) is 6.23. The summed E-state index contributed by atoms with van der Waals surface area (Å²) >= 11 is -0.798. The van der Waals surface area contributed by atoms with Crippen LogP contribution in [-0.2, 0) is 36.1 Å². The summed E-state index contributed by atoms with van der Waals surface area (Å²) in [7, 11) is 0. The molecule has 0 saturated heterocycles. The van der Waals surface area contributed by atoms with Crippen molar-refractivity contribution >= 4 is 22.7 Å². The number of allylic oxidation sites excluding steroid dienone is 5. The topological polar surface area (TPSA) is 4.93 Å². The van der Waals surface area contributed by atoms with E-state index in [2.05, 4.69) is 154 Å². The number of fused-ring (bicyclic) bond motifs is 2. The molecular weight excluding hydrogens is 586 g/mol. The van der Waals surface area contributed by atoms with Crippen LogP contribution in [0.4, 0.5) is 0 Å². The van der Waals surface area contributed by atoms with Gasteiger partial charge < -0.3 is 0 Å². The van der Waals surface area contributed by atoms with Crippen molar-refractivity contribution < 1.29 is 23.2 Å². The fraction of sp³-hybridized carbons (Fsp3) is 0.200. The van der Waals surface area contributed by atoms with Crippen LogP contribution in [0.1, 0.15) is 57.4 Å². The van der Waals surface area contributed by atoms with E-state index in [-0.39, 0.29) is 0 Å². The molecule has 1 nitrogen and oxygen atoms in total. The van der Waals surface area contributed by atoms with Crippen molar-refractivity contribution in [2.75, 3.05) is 0 Å². The number of rotatable bonds is 6. The Bertz CT molecular complexity index is 1760. The van der Waals surface area contributed by atoms with Crippen LogP contribution in [0.2, 0.25) is 0 Å². The van der Waals surface area contributed by atoms with E-state index in [4.69, 9.17) is 0 Å². The molecule has 5 aromatic rings. The van der Waals surface area contributed by atoms with Gasteiger partial charge in [-0.3, -0.25) is 0 Å². The third-order valence-electron chi connectivity index (χ3n) is 8.95. The van der Waals surface area contributed by atoms with Crippen LogP contribution in [0.25, 0.3) is 22.7 Å². The molecule has 4 aromatic carbocycles. The van der Waals surface area contributed by atoms with E-state index in [1.54, 1.807) is 14.4 Å². The van der Waals surface area contributed by atoms with Crippen LogP contribution in [0.3, 0.4) is 0 Å². The molecule has 1 unspecified atom stereocenters. The van der Waals surface area contributed by atoms with Crippen LogP contribution < -0.4 is 0 Å². The average Bonchev–Trinajstić information content (AvgIpc) is 3.64. The van der Waals surface area contributed by atoms with Gasteiger partial charge in [0.15, 0.2) is 0 Å². The number of benzene rings is 4. The van der Waals surface area contributed by atoms with Gasteiger partial charge >= 0.3 is 180 Å². The van der Waals surface area contributed by atoms with Gasteiger partial charge in [0.05, 0.1) is 0 Å². The van der Waals surface area contributed by atoms with Crippen LogP contribution in [0, 0.1) is 13.8 Å². The zero-order valence-corrected chi connectivity index (χ0v) is 27.7. The van der Waals surface area contributed by atoms with E-state index in [1.807, 2.05) is 0 Å². The summed E-state index contributed by atoms with van der Waals surface area (Å²) in [6, 6.07) is 39.2. The summed E-state index contributed by atoms with van der Waals surface area (Å²) in [5.74, 6) is 0. The molecule has 42 heavy (non-hydrogen) atoms. The second-order valence-electron chi connectivity index (χ2n) is 11.5. The Kier molecular flexibility index (Phi) is 8.73. The third kappa shape index (κ3) is 5.88. The Morgan fingerprint density at radius 3 is 1.93 bits per heavy atom. The minimum absolute atomic E-state index is 0.581. The molecule has 0 spiro atoms. The molecule has 7 rings (SSSR count). The second-order valence-corrected chi connectivity index (χ2v) is 15.1. The monoisotopic (exact) mass is 623 g/mol. The Hall–Kier alpha value is -3.48. The Balaban J connectivity index is 0.000000189. The Morgan fingerprint density at radius 1 is 0.690 bits per heavy atom. The molecule has 208 valence electrons. The molecule has 0 saturated carbocycles. The van der Waals surface area contributed by atoms with Crippen LogP contribution in [0.5, 0.6) is 0 Å². The van der Waals surface area contributed by atoms with E-state index < -0.39 is 23.2 Å². The van der Waals surface area contributed by atoms with Crippen molar-refractivity contribution in [2.24, 2.45) is 0 Å². The first-order valence-corrected chi connectivity index (χ1v) is 17.7. The molecule has 2 heteroatoms. The first-order chi connectivity index (χ1) is 20.5. The van der Waals surface area contributed by atoms with E-state index in [0.717, 1.165) is 12.8 Å². The van der Waals surface area contributed by atoms with Crippen molar-refractivity contribution in [2.45, 2.75) is 50.6 Å². The number of para-hydroxylation sites is 1. The molecular formula is C40H39NZr. The molecule has 1 atom stereocenters. The molecule has 0 radical (unpaired) electrons. The maximum atomic E-state index is 2.56. The van der Waals surface area contributed by atoms with Crippen molar-refractivity contribution in [3.8, 4) is 0 Å². The van der Waals surface area contributed by atoms with Crippen molar-refractivity contribution in [1.82, 2.24) is 4.57 Å². The standard InChI is InChI=1S/C19H16N.C14H14.C7H9.Zr/c1-13-14(2)20(19-10-6-5-9-18(13)19)17-11-15-7-3-4-8-16(15)12-17;1-3-7-13(8-4-1)11-12-14-9-5-2-6-10-14;1-6-4-3-5-7(6)2;/h3-12H,1-2H3;1-10H,11-12H2;4H,3H2,1-2H3;. The van der Waals surface area contributed by atoms with Crippen molar-refractivity contribution in [1.29, 1.82) is 0 Å². The largest absolute Gasteiger partial charge is 0.0622 e. The smallest absolute Gasteiger partial charge is 0.0238 e. The molecule has 0 fully saturated rings. The Labute approximate surface area is 262 Å². The Morgan fingerprint density at radius 2 is 1.29 bits per heavy atom. The van der Waals surface area contributed by atoms with Gasteiger partial charge in [0, 0.05) is 0 Å². The van der Waals surface area contributed by atoms with Gasteiger partial charge in [0.2, 0.25) is 0 Å². The van der Waals surface area contributed by atoms with Gasteiger partial charge in [-0.25, -0.2) is 0 Å². The average molecular weight is 625 g/mol. The number of aromatic nitrogens is 1. The summed E-state index contributed by atoms with van der Waals surface area (Å²) in [4.78, 5) is 0. The van der Waals surface area contributed by atoms with Crippen LogP contribution in [0.15, 0.2) is 130 Å². The van der Waals surface area contributed by atoms with Crippen molar-refractivity contribution in [3.05, 3.63) is 163 Å². The summed E-state index contributed by atoms with van der Waals surface area (Å²) in [6.07, 6.45) is 8.33. The molecule has 2 aliphatic rings. The number of nitrogens with zero attached hydrogens (tertiary/aromatic N) is 1. The first-order valence-electron chi connectivity index (χ1n) is 15.1. The molecule has 0 bridgehead atoms.